The zero-order valence-electron chi connectivity index (χ0n) is 13.0. The molecule has 0 aliphatic carbocycles. The number of carbonyl (C=O) groups excluding carboxylic acids is 2. The minimum atomic E-state index is -0.651. The first-order chi connectivity index (χ1) is 11.0. The van der Waals surface area contributed by atoms with Gasteiger partial charge in [-0.25, -0.2) is 0 Å². The lowest BCUT2D eigenvalue weighted by Crippen LogP contribution is -2.42. The van der Waals surface area contributed by atoms with Crippen LogP contribution < -0.4 is 11.1 Å². The fraction of sp³-hybridized carbons (Fsp3) is 0.222. The van der Waals surface area contributed by atoms with Crippen molar-refractivity contribution in [3.05, 3.63) is 59.2 Å². The van der Waals surface area contributed by atoms with E-state index in [-0.39, 0.29) is 0 Å². The van der Waals surface area contributed by atoms with E-state index in [1.807, 2.05) is 31.2 Å². The number of anilines is 2. The number of nitrogens with one attached hydrogen (secondary N) is 1. The van der Waals surface area contributed by atoms with Gasteiger partial charge in [0.1, 0.15) is 0 Å². The molecular weight excluding hydrogens is 290 g/mol. The predicted octanol–water partition coefficient (Wildman–Crippen LogP) is 2.10. The number of nitrogens with two attached hydrogens (primary N) is 1. The molecule has 5 heteroatoms. The predicted molar refractivity (Wildman–Crippen MR) is 89.8 cm³/mol. The monoisotopic (exact) mass is 309 g/mol. The van der Waals surface area contributed by atoms with Gasteiger partial charge in [0.05, 0.1) is 11.4 Å². The molecule has 118 valence electrons. The molecular formula is C18H19N3O2. The molecule has 2 aromatic rings. The second-order valence-corrected chi connectivity index (χ2v) is 5.79. The van der Waals surface area contributed by atoms with Crippen LogP contribution >= 0.6 is 0 Å². The first kappa shape index (κ1) is 15.1. The Kier molecular flexibility index (Phi) is 4.02. The van der Waals surface area contributed by atoms with Gasteiger partial charge in [0.25, 0.3) is 0 Å². The summed E-state index contributed by atoms with van der Waals surface area (Å²) in [6, 6.07) is 13.3. The maximum absolute atomic E-state index is 12.4. The van der Waals surface area contributed by atoms with Crippen LogP contribution in [0.25, 0.3) is 0 Å². The highest BCUT2D eigenvalue weighted by molar-refractivity contribution is 6.39. The highest BCUT2D eigenvalue weighted by atomic mass is 16.2. The van der Waals surface area contributed by atoms with Crippen LogP contribution in [-0.2, 0) is 22.6 Å². The summed E-state index contributed by atoms with van der Waals surface area (Å²) >= 11 is 0. The van der Waals surface area contributed by atoms with Crippen molar-refractivity contribution < 1.29 is 9.59 Å². The summed E-state index contributed by atoms with van der Waals surface area (Å²) in [5, 5.41) is 2.62. The zero-order valence-corrected chi connectivity index (χ0v) is 13.0. The van der Waals surface area contributed by atoms with Crippen LogP contribution in [0.3, 0.4) is 0 Å². The van der Waals surface area contributed by atoms with E-state index < -0.39 is 11.8 Å². The summed E-state index contributed by atoms with van der Waals surface area (Å²) in [7, 11) is 0. The summed E-state index contributed by atoms with van der Waals surface area (Å²) in [4.78, 5) is 26.2. The van der Waals surface area contributed by atoms with Gasteiger partial charge in [-0.15, -0.1) is 0 Å². The van der Waals surface area contributed by atoms with E-state index in [0.717, 1.165) is 17.5 Å². The average molecular weight is 309 g/mol. The molecule has 1 aliphatic rings. The molecule has 3 N–H and O–H groups in total. The number of fused-ring (bicyclic) bond motifs is 1. The number of amides is 2. The van der Waals surface area contributed by atoms with Gasteiger partial charge in [-0.1, -0.05) is 30.3 Å². The van der Waals surface area contributed by atoms with Crippen molar-refractivity contribution in [1.82, 2.24) is 4.90 Å². The third-order valence-electron chi connectivity index (χ3n) is 4.07. The molecule has 0 saturated carbocycles. The maximum Gasteiger partial charge on any atom is 0.313 e. The molecule has 2 aromatic carbocycles. The average Bonchev–Trinajstić information content (AvgIpc) is 2.57. The quantitative estimate of drug-likeness (QED) is 0.626. The van der Waals surface area contributed by atoms with E-state index >= 15 is 0 Å². The number of aryl methyl sites for hydroxylation is 1. The normalized spacial score (nSPS) is 13.3. The van der Waals surface area contributed by atoms with Gasteiger partial charge in [0, 0.05) is 13.1 Å². The molecule has 0 spiro atoms. The van der Waals surface area contributed by atoms with E-state index in [0.29, 0.717) is 24.5 Å². The molecule has 0 aromatic heterocycles. The molecule has 3 rings (SSSR count). The second kappa shape index (κ2) is 6.12. The molecule has 1 heterocycles. The van der Waals surface area contributed by atoms with E-state index in [9.17, 15) is 9.59 Å². The molecule has 5 nitrogen and oxygen atoms in total. The Bertz CT molecular complexity index is 771. The largest absolute Gasteiger partial charge is 0.397 e. The van der Waals surface area contributed by atoms with E-state index in [1.54, 1.807) is 17.0 Å². The van der Waals surface area contributed by atoms with Gasteiger partial charge in [0.15, 0.2) is 0 Å². The van der Waals surface area contributed by atoms with Crippen LogP contribution in [0, 0.1) is 6.92 Å². The fourth-order valence-corrected chi connectivity index (χ4v) is 2.77. The Labute approximate surface area is 135 Å². The van der Waals surface area contributed by atoms with Crippen molar-refractivity contribution in [1.29, 1.82) is 0 Å². The molecule has 0 unspecified atom stereocenters. The number of benzene rings is 2. The van der Waals surface area contributed by atoms with Crippen molar-refractivity contribution in [3.8, 4) is 0 Å². The standard InChI is InChI=1S/C18H19N3O2/c1-12-6-7-15(19)16(10-12)20-17(22)18(23)21-9-8-13-4-2-3-5-14(13)11-21/h2-7,10H,8-9,11,19H2,1H3,(H,20,22). The number of nitrogens with zero attached hydrogens (tertiary/aromatic N) is 1. The van der Waals surface area contributed by atoms with Gasteiger partial charge >= 0.3 is 11.8 Å². The van der Waals surface area contributed by atoms with Crippen LogP contribution in [0.4, 0.5) is 11.4 Å². The lowest BCUT2D eigenvalue weighted by molar-refractivity contribution is -0.143. The number of hydrogen-bond acceptors (Lipinski definition) is 3. The molecule has 1 aliphatic heterocycles. The van der Waals surface area contributed by atoms with Crippen LogP contribution in [0.5, 0.6) is 0 Å². The first-order valence-electron chi connectivity index (χ1n) is 7.58. The molecule has 0 fully saturated rings. The SMILES string of the molecule is Cc1ccc(N)c(NC(=O)C(=O)N2CCc3ccccc3C2)c1. The Morgan fingerprint density at radius 1 is 1.13 bits per heavy atom. The third-order valence-corrected chi connectivity index (χ3v) is 4.07. The highest BCUT2D eigenvalue weighted by Gasteiger charge is 2.26. The Hall–Kier alpha value is -2.82. The summed E-state index contributed by atoms with van der Waals surface area (Å²) in [6.07, 6.45) is 0.766. The van der Waals surface area contributed by atoms with Gasteiger partial charge in [-0.3, -0.25) is 9.59 Å². The topological polar surface area (TPSA) is 75.4 Å². The summed E-state index contributed by atoms with van der Waals surface area (Å²) in [5.41, 5.74) is 10.1. The number of hydrogen-bond donors (Lipinski definition) is 2. The number of rotatable bonds is 1. The smallest absolute Gasteiger partial charge is 0.313 e. The van der Waals surface area contributed by atoms with Crippen molar-refractivity contribution in [2.24, 2.45) is 0 Å². The summed E-state index contributed by atoms with van der Waals surface area (Å²) in [6.45, 7) is 2.91. The Morgan fingerprint density at radius 2 is 1.87 bits per heavy atom. The minimum absolute atomic E-state index is 0.445. The summed E-state index contributed by atoms with van der Waals surface area (Å²) in [5.74, 6) is -1.18. The highest BCUT2D eigenvalue weighted by Crippen LogP contribution is 2.21. The molecule has 2 amide bonds. The van der Waals surface area contributed by atoms with E-state index in [2.05, 4.69) is 11.4 Å². The van der Waals surface area contributed by atoms with Crippen molar-refractivity contribution in [2.45, 2.75) is 19.9 Å². The van der Waals surface area contributed by atoms with Crippen LogP contribution in [0.15, 0.2) is 42.5 Å². The molecule has 23 heavy (non-hydrogen) atoms. The summed E-state index contributed by atoms with van der Waals surface area (Å²) < 4.78 is 0. The van der Waals surface area contributed by atoms with Gasteiger partial charge in [-0.2, -0.15) is 0 Å². The Morgan fingerprint density at radius 3 is 2.65 bits per heavy atom. The third kappa shape index (κ3) is 3.18. The lowest BCUT2D eigenvalue weighted by atomic mass is 10.00. The fourth-order valence-electron chi connectivity index (χ4n) is 2.77. The van der Waals surface area contributed by atoms with Crippen LogP contribution in [-0.4, -0.2) is 23.3 Å². The van der Waals surface area contributed by atoms with Crippen molar-refractivity contribution in [2.75, 3.05) is 17.6 Å². The van der Waals surface area contributed by atoms with Gasteiger partial charge in [0.2, 0.25) is 0 Å². The zero-order chi connectivity index (χ0) is 16.4. The molecule has 0 atom stereocenters. The van der Waals surface area contributed by atoms with Crippen molar-refractivity contribution >= 4 is 23.2 Å². The first-order valence-corrected chi connectivity index (χ1v) is 7.58. The number of nitrogen functional groups attached to an aromatic ring is 1. The Balaban J connectivity index is 1.71. The van der Waals surface area contributed by atoms with E-state index in [1.165, 1.54) is 5.56 Å². The van der Waals surface area contributed by atoms with Crippen molar-refractivity contribution in [3.63, 3.8) is 0 Å². The van der Waals surface area contributed by atoms with E-state index in [4.69, 9.17) is 5.73 Å². The van der Waals surface area contributed by atoms with Gasteiger partial charge in [-0.05, 0) is 42.2 Å². The molecule has 0 saturated heterocycles. The molecule has 0 bridgehead atoms. The number of carbonyl (C=O) groups is 2. The van der Waals surface area contributed by atoms with Crippen LogP contribution in [0.2, 0.25) is 0 Å². The second-order valence-electron chi connectivity index (χ2n) is 5.79. The van der Waals surface area contributed by atoms with Gasteiger partial charge < -0.3 is 16.0 Å². The molecule has 0 radical (unpaired) electrons. The maximum atomic E-state index is 12.4. The lowest BCUT2D eigenvalue weighted by Gasteiger charge is -2.28. The van der Waals surface area contributed by atoms with Crippen LogP contribution in [0.1, 0.15) is 16.7 Å². The minimum Gasteiger partial charge on any atom is -0.397 e.